The van der Waals surface area contributed by atoms with Gasteiger partial charge >= 0.3 is 5.63 Å². The minimum atomic E-state index is -0.552. The van der Waals surface area contributed by atoms with Crippen LogP contribution in [0.25, 0.3) is 32.5 Å². The number of ether oxygens (including phenoxy) is 1. The maximum atomic E-state index is 12.4. The number of phenols is 1. The van der Waals surface area contributed by atoms with E-state index in [9.17, 15) is 9.90 Å². The van der Waals surface area contributed by atoms with Crippen LogP contribution in [0.15, 0.2) is 51.7 Å². The number of hydrogen-bond donors (Lipinski definition) is 1. The smallest absolute Gasteiger partial charge is 0.348 e. The third kappa shape index (κ3) is 1.88. The highest BCUT2D eigenvalue weighted by Gasteiger charge is 2.16. The average molecular weight is 306 g/mol. The topological polar surface area (TPSA) is 59.7 Å². The van der Waals surface area contributed by atoms with Crippen molar-refractivity contribution in [2.24, 2.45) is 0 Å². The van der Waals surface area contributed by atoms with Crippen LogP contribution in [0.4, 0.5) is 0 Å². The highest BCUT2D eigenvalue weighted by Crippen LogP contribution is 2.37. The van der Waals surface area contributed by atoms with Crippen molar-refractivity contribution in [3.05, 3.63) is 58.4 Å². The van der Waals surface area contributed by atoms with E-state index in [1.807, 2.05) is 37.3 Å². The monoisotopic (exact) mass is 306 g/mol. The molecule has 0 radical (unpaired) electrons. The first-order chi connectivity index (χ1) is 11.1. The molecular weight excluding hydrogens is 292 g/mol. The van der Waals surface area contributed by atoms with Crippen LogP contribution >= 0.6 is 0 Å². The number of aryl methyl sites for hydroxylation is 1. The normalized spacial score (nSPS) is 11.4. The van der Waals surface area contributed by atoms with Gasteiger partial charge in [0.15, 0.2) is 0 Å². The van der Waals surface area contributed by atoms with Crippen LogP contribution in [0.2, 0.25) is 0 Å². The van der Waals surface area contributed by atoms with E-state index in [0.717, 1.165) is 16.3 Å². The van der Waals surface area contributed by atoms with Crippen molar-refractivity contribution in [2.45, 2.75) is 6.92 Å². The Morgan fingerprint density at radius 1 is 1.04 bits per heavy atom. The number of methoxy groups -OCH3 is 1. The Bertz CT molecular complexity index is 1140. The van der Waals surface area contributed by atoms with Gasteiger partial charge in [-0.1, -0.05) is 24.3 Å². The van der Waals surface area contributed by atoms with Crippen molar-refractivity contribution in [1.82, 2.24) is 0 Å². The van der Waals surface area contributed by atoms with Crippen LogP contribution in [0.5, 0.6) is 11.5 Å². The second kappa shape index (κ2) is 4.74. The average Bonchev–Trinajstić information content (AvgIpc) is 2.54. The minimum Gasteiger partial charge on any atom is -0.506 e. The number of fused-ring (bicyclic) bond motifs is 4. The van der Waals surface area contributed by atoms with E-state index in [4.69, 9.17) is 9.15 Å². The standard InChI is InChI=1S/C19H14O4/c1-10-7-12(22-2)9-15-16(10)14-8-11-5-3-4-6-13(11)18(20)17(14)19(21)23-15/h3-9,20H,1-2H3. The van der Waals surface area contributed by atoms with Crippen molar-refractivity contribution in [1.29, 1.82) is 0 Å². The molecule has 0 fully saturated rings. The summed E-state index contributed by atoms with van der Waals surface area (Å²) in [6.45, 7) is 1.93. The molecule has 0 aliphatic carbocycles. The fourth-order valence-corrected chi connectivity index (χ4v) is 3.15. The molecule has 0 amide bonds. The Labute approximate surface area is 131 Å². The van der Waals surface area contributed by atoms with Crippen molar-refractivity contribution < 1.29 is 14.3 Å². The molecule has 4 rings (SSSR count). The molecule has 23 heavy (non-hydrogen) atoms. The highest BCUT2D eigenvalue weighted by atomic mass is 16.5. The van der Waals surface area contributed by atoms with Crippen molar-refractivity contribution in [3.63, 3.8) is 0 Å². The molecule has 114 valence electrons. The second-order valence-corrected chi connectivity index (χ2v) is 5.58. The fourth-order valence-electron chi connectivity index (χ4n) is 3.15. The first-order valence-corrected chi connectivity index (χ1v) is 7.26. The fraction of sp³-hybridized carbons (Fsp3) is 0.105. The maximum Gasteiger partial charge on any atom is 0.348 e. The van der Waals surface area contributed by atoms with E-state index in [-0.39, 0.29) is 11.1 Å². The predicted octanol–water partition coefficient (Wildman–Crippen LogP) is 4.12. The Morgan fingerprint density at radius 2 is 1.83 bits per heavy atom. The summed E-state index contributed by atoms with van der Waals surface area (Å²) in [5, 5.41) is 13.8. The van der Waals surface area contributed by atoms with Gasteiger partial charge in [0, 0.05) is 22.2 Å². The van der Waals surface area contributed by atoms with Gasteiger partial charge in [-0.3, -0.25) is 0 Å². The Morgan fingerprint density at radius 3 is 2.61 bits per heavy atom. The van der Waals surface area contributed by atoms with Crippen molar-refractivity contribution in [2.75, 3.05) is 7.11 Å². The van der Waals surface area contributed by atoms with E-state index in [0.29, 0.717) is 22.1 Å². The van der Waals surface area contributed by atoms with Crippen LogP contribution in [-0.4, -0.2) is 12.2 Å². The molecule has 0 saturated carbocycles. The molecule has 0 spiro atoms. The van der Waals surface area contributed by atoms with Gasteiger partial charge in [0.1, 0.15) is 22.5 Å². The molecule has 3 aromatic carbocycles. The van der Waals surface area contributed by atoms with E-state index in [1.54, 1.807) is 19.2 Å². The lowest BCUT2D eigenvalue weighted by Crippen LogP contribution is -2.01. The Kier molecular flexibility index (Phi) is 2.81. The zero-order valence-electron chi connectivity index (χ0n) is 12.7. The van der Waals surface area contributed by atoms with Gasteiger partial charge in [-0.2, -0.15) is 0 Å². The van der Waals surface area contributed by atoms with Crippen LogP contribution in [0.3, 0.4) is 0 Å². The van der Waals surface area contributed by atoms with Crippen molar-refractivity contribution >= 4 is 32.5 Å². The second-order valence-electron chi connectivity index (χ2n) is 5.58. The summed E-state index contributed by atoms with van der Waals surface area (Å²) in [5.74, 6) is 0.589. The Hall–Kier alpha value is -3.01. The van der Waals surface area contributed by atoms with Gasteiger partial charge in [-0.05, 0) is 30.0 Å². The van der Waals surface area contributed by atoms with Gasteiger partial charge in [0.2, 0.25) is 0 Å². The zero-order chi connectivity index (χ0) is 16.1. The summed E-state index contributed by atoms with van der Waals surface area (Å²) in [6, 6.07) is 12.9. The highest BCUT2D eigenvalue weighted by molar-refractivity contribution is 6.14. The molecule has 1 aromatic heterocycles. The molecule has 0 aliphatic heterocycles. The zero-order valence-corrected chi connectivity index (χ0v) is 12.7. The third-order valence-corrected chi connectivity index (χ3v) is 4.21. The number of phenolic OH excluding ortho intramolecular Hbond substituents is 1. The molecular formula is C19H14O4. The number of aromatic hydroxyl groups is 1. The maximum absolute atomic E-state index is 12.4. The molecule has 0 unspecified atom stereocenters. The molecule has 1 N–H and O–H groups in total. The number of hydrogen-bond acceptors (Lipinski definition) is 4. The van der Waals surface area contributed by atoms with E-state index < -0.39 is 5.63 Å². The molecule has 1 heterocycles. The SMILES string of the molecule is COc1cc(C)c2c(c1)oc(=O)c1c(O)c3ccccc3cc12. The van der Waals surface area contributed by atoms with E-state index >= 15 is 0 Å². The summed E-state index contributed by atoms with van der Waals surface area (Å²) in [7, 11) is 1.57. The molecule has 4 aromatic rings. The summed E-state index contributed by atoms with van der Waals surface area (Å²) < 4.78 is 10.7. The van der Waals surface area contributed by atoms with Gasteiger partial charge in [-0.25, -0.2) is 4.79 Å². The van der Waals surface area contributed by atoms with Crippen LogP contribution < -0.4 is 10.4 Å². The van der Waals surface area contributed by atoms with Gasteiger partial charge in [0.05, 0.1) is 7.11 Å². The summed E-state index contributed by atoms with van der Waals surface area (Å²) in [5.41, 5.74) is 0.820. The van der Waals surface area contributed by atoms with Crippen LogP contribution in [0, 0.1) is 6.92 Å². The van der Waals surface area contributed by atoms with Gasteiger partial charge in [0.25, 0.3) is 0 Å². The quantitative estimate of drug-likeness (QED) is 0.326. The number of rotatable bonds is 1. The van der Waals surface area contributed by atoms with Gasteiger partial charge in [-0.15, -0.1) is 0 Å². The lowest BCUT2D eigenvalue weighted by atomic mass is 9.98. The van der Waals surface area contributed by atoms with Gasteiger partial charge < -0.3 is 14.3 Å². The molecule has 4 heteroatoms. The Balaban J connectivity index is 2.32. The molecule has 0 saturated heterocycles. The largest absolute Gasteiger partial charge is 0.506 e. The first-order valence-electron chi connectivity index (χ1n) is 7.26. The van der Waals surface area contributed by atoms with E-state index in [2.05, 4.69) is 0 Å². The lowest BCUT2D eigenvalue weighted by molar-refractivity contribution is 0.414. The molecule has 0 bridgehead atoms. The minimum absolute atomic E-state index is 0.0380. The molecule has 4 nitrogen and oxygen atoms in total. The molecule has 0 aliphatic rings. The third-order valence-electron chi connectivity index (χ3n) is 4.21. The summed E-state index contributed by atoms with van der Waals surface area (Å²) in [6.07, 6.45) is 0. The first kappa shape index (κ1) is 13.6. The summed E-state index contributed by atoms with van der Waals surface area (Å²) >= 11 is 0. The van der Waals surface area contributed by atoms with Crippen molar-refractivity contribution in [3.8, 4) is 11.5 Å². The summed E-state index contributed by atoms with van der Waals surface area (Å²) in [4.78, 5) is 12.4. The van der Waals surface area contributed by atoms with E-state index in [1.165, 1.54) is 0 Å². The van der Waals surface area contributed by atoms with Crippen LogP contribution in [0.1, 0.15) is 5.56 Å². The number of benzene rings is 3. The predicted molar refractivity (Wildman–Crippen MR) is 90.4 cm³/mol. The lowest BCUT2D eigenvalue weighted by Gasteiger charge is -2.10. The molecule has 0 atom stereocenters. The van der Waals surface area contributed by atoms with Crippen LogP contribution in [-0.2, 0) is 0 Å².